The lowest BCUT2D eigenvalue weighted by atomic mass is 9.77. The standard InChI is InChI=1S/C18H33NS/c1-4-6-8-10-12-15-18(3,14-11-9-7-5-2)17-13-16-20-19-17/h13,16H,4-12,14-15H2,1-3H3. The molecule has 0 aliphatic heterocycles. The van der Waals surface area contributed by atoms with E-state index in [-0.39, 0.29) is 0 Å². The topological polar surface area (TPSA) is 12.9 Å². The molecule has 1 aromatic heterocycles. The summed E-state index contributed by atoms with van der Waals surface area (Å²) in [5.41, 5.74) is 1.66. The Hall–Kier alpha value is -0.370. The largest absolute Gasteiger partial charge is 0.197 e. The van der Waals surface area contributed by atoms with Gasteiger partial charge in [-0.25, -0.2) is 0 Å². The summed E-state index contributed by atoms with van der Waals surface area (Å²) in [6, 6.07) is 2.25. The molecule has 2 heteroatoms. The van der Waals surface area contributed by atoms with Crippen molar-refractivity contribution in [1.82, 2.24) is 4.37 Å². The molecule has 0 saturated heterocycles. The molecule has 0 spiro atoms. The predicted molar refractivity (Wildman–Crippen MR) is 91.6 cm³/mol. The molecule has 1 aromatic rings. The van der Waals surface area contributed by atoms with Gasteiger partial charge in [-0.2, -0.15) is 4.37 Å². The normalized spacial score (nSPS) is 14.3. The van der Waals surface area contributed by atoms with Crippen molar-refractivity contribution in [3.8, 4) is 0 Å². The van der Waals surface area contributed by atoms with Crippen LogP contribution in [0.3, 0.4) is 0 Å². The first-order valence-electron chi connectivity index (χ1n) is 8.64. The van der Waals surface area contributed by atoms with E-state index < -0.39 is 0 Å². The van der Waals surface area contributed by atoms with Gasteiger partial charge in [0.15, 0.2) is 0 Å². The van der Waals surface area contributed by atoms with Crippen LogP contribution >= 0.6 is 11.5 Å². The van der Waals surface area contributed by atoms with Crippen LogP contribution in [0.2, 0.25) is 0 Å². The van der Waals surface area contributed by atoms with Crippen LogP contribution in [0.4, 0.5) is 0 Å². The Morgan fingerprint density at radius 1 is 0.900 bits per heavy atom. The van der Waals surface area contributed by atoms with Gasteiger partial charge in [0.05, 0.1) is 5.69 Å². The van der Waals surface area contributed by atoms with Crippen molar-refractivity contribution < 1.29 is 0 Å². The van der Waals surface area contributed by atoms with Gasteiger partial charge in [-0.1, -0.05) is 78.6 Å². The fourth-order valence-corrected chi connectivity index (χ4v) is 3.61. The van der Waals surface area contributed by atoms with Gasteiger partial charge < -0.3 is 0 Å². The monoisotopic (exact) mass is 295 g/mol. The molecule has 1 heterocycles. The summed E-state index contributed by atoms with van der Waals surface area (Å²) >= 11 is 1.61. The smallest absolute Gasteiger partial charge is 0.0601 e. The number of unbranched alkanes of at least 4 members (excludes halogenated alkanes) is 7. The van der Waals surface area contributed by atoms with Gasteiger partial charge in [0.2, 0.25) is 0 Å². The Labute approximate surface area is 130 Å². The molecule has 0 fully saturated rings. The predicted octanol–water partition coefficient (Wildman–Crippen LogP) is 6.73. The first-order valence-corrected chi connectivity index (χ1v) is 9.47. The summed E-state index contributed by atoms with van der Waals surface area (Å²) in [5.74, 6) is 0. The molecule has 116 valence electrons. The van der Waals surface area contributed by atoms with E-state index in [0.717, 1.165) is 0 Å². The third-order valence-corrected chi connectivity index (χ3v) is 5.03. The number of nitrogens with zero attached hydrogens (tertiary/aromatic N) is 1. The second kappa shape index (κ2) is 10.4. The summed E-state index contributed by atoms with van der Waals surface area (Å²) < 4.78 is 4.64. The number of rotatable bonds is 12. The molecule has 0 N–H and O–H groups in total. The van der Waals surface area contributed by atoms with Crippen molar-refractivity contribution in [2.24, 2.45) is 0 Å². The highest BCUT2D eigenvalue weighted by Crippen LogP contribution is 2.35. The van der Waals surface area contributed by atoms with E-state index in [4.69, 9.17) is 0 Å². The minimum atomic E-state index is 0.319. The molecule has 20 heavy (non-hydrogen) atoms. The zero-order valence-corrected chi connectivity index (χ0v) is 14.6. The van der Waals surface area contributed by atoms with E-state index >= 15 is 0 Å². The Morgan fingerprint density at radius 3 is 1.95 bits per heavy atom. The molecular weight excluding hydrogens is 262 g/mol. The van der Waals surface area contributed by atoms with Gasteiger partial charge in [-0.15, -0.1) is 0 Å². The number of hydrogen-bond acceptors (Lipinski definition) is 2. The van der Waals surface area contributed by atoms with Crippen LogP contribution in [0.15, 0.2) is 11.4 Å². The van der Waals surface area contributed by atoms with E-state index in [1.54, 1.807) is 11.5 Å². The summed E-state index contributed by atoms with van der Waals surface area (Å²) in [7, 11) is 0. The Morgan fingerprint density at radius 2 is 1.45 bits per heavy atom. The van der Waals surface area contributed by atoms with Crippen molar-refractivity contribution in [3.05, 3.63) is 17.1 Å². The van der Waals surface area contributed by atoms with Crippen LogP contribution in [0.25, 0.3) is 0 Å². The first-order chi connectivity index (χ1) is 9.73. The maximum atomic E-state index is 4.64. The van der Waals surface area contributed by atoms with E-state index in [1.807, 2.05) is 0 Å². The maximum absolute atomic E-state index is 4.64. The minimum absolute atomic E-state index is 0.319. The van der Waals surface area contributed by atoms with Crippen molar-refractivity contribution in [2.45, 2.75) is 96.8 Å². The minimum Gasteiger partial charge on any atom is -0.197 e. The molecule has 0 aliphatic rings. The van der Waals surface area contributed by atoms with Crippen molar-refractivity contribution in [3.63, 3.8) is 0 Å². The molecule has 0 saturated carbocycles. The quantitative estimate of drug-likeness (QED) is 0.389. The van der Waals surface area contributed by atoms with E-state index in [9.17, 15) is 0 Å². The second-order valence-electron chi connectivity index (χ2n) is 6.42. The molecule has 1 atom stereocenters. The van der Waals surface area contributed by atoms with Crippen molar-refractivity contribution in [2.75, 3.05) is 0 Å². The van der Waals surface area contributed by atoms with E-state index in [0.29, 0.717) is 5.41 Å². The second-order valence-corrected chi connectivity index (χ2v) is 7.09. The molecule has 0 aliphatic carbocycles. The molecule has 1 nitrogen and oxygen atoms in total. The van der Waals surface area contributed by atoms with Crippen LogP contribution < -0.4 is 0 Å². The van der Waals surface area contributed by atoms with Crippen LogP contribution in [0.5, 0.6) is 0 Å². The number of hydrogen-bond donors (Lipinski definition) is 0. The van der Waals surface area contributed by atoms with Crippen molar-refractivity contribution >= 4 is 11.5 Å². The highest BCUT2D eigenvalue weighted by molar-refractivity contribution is 7.03. The summed E-state index contributed by atoms with van der Waals surface area (Å²) in [6.45, 7) is 7.01. The molecule has 0 amide bonds. The maximum Gasteiger partial charge on any atom is 0.0601 e. The molecule has 0 radical (unpaired) electrons. The van der Waals surface area contributed by atoms with Gasteiger partial charge in [0.1, 0.15) is 0 Å². The van der Waals surface area contributed by atoms with Gasteiger partial charge in [0.25, 0.3) is 0 Å². The van der Waals surface area contributed by atoms with Crippen LogP contribution in [0, 0.1) is 0 Å². The van der Waals surface area contributed by atoms with Gasteiger partial charge >= 0.3 is 0 Å². The highest BCUT2D eigenvalue weighted by atomic mass is 32.1. The van der Waals surface area contributed by atoms with Gasteiger partial charge in [-0.3, -0.25) is 0 Å². The SMILES string of the molecule is CCCCCCCC(C)(CCCCCC)c1ccsn1. The Bertz CT molecular complexity index is 320. The lowest BCUT2D eigenvalue weighted by molar-refractivity contribution is 0.357. The fourth-order valence-electron chi connectivity index (χ4n) is 2.97. The molecule has 0 aromatic carbocycles. The lowest BCUT2D eigenvalue weighted by Gasteiger charge is -2.28. The average molecular weight is 296 g/mol. The summed E-state index contributed by atoms with van der Waals surface area (Å²) in [4.78, 5) is 0. The number of aromatic nitrogens is 1. The average Bonchev–Trinajstić information content (AvgIpc) is 2.98. The van der Waals surface area contributed by atoms with Crippen LogP contribution in [-0.4, -0.2) is 4.37 Å². The van der Waals surface area contributed by atoms with Crippen LogP contribution in [-0.2, 0) is 5.41 Å². The Kier molecular flexibility index (Phi) is 9.17. The zero-order chi connectivity index (χ0) is 14.7. The summed E-state index contributed by atoms with van der Waals surface area (Å²) in [6.07, 6.45) is 14.9. The molecule has 1 rings (SSSR count). The molecular formula is C18H33NS. The molecule has 1 unspecified atom stereocenters. The van der Waals surface area contributed by atoms with Crippen molar-refractivity contribution in [1.29, 1.82) is 0 Å². The lowest BCUT2D eigenvalue weighted by Crippen LogP contribution is -2.22. The van der Waals surface area contributed by atoms with Crippen LogP contribution in [0.1, 0.15) is 97.1 Å². The highest BCUT2D eigenvalue weighted by Gasteiger charge is 2.27. The van der Waals surface area contributed by atoms with Gasteiger partial charge in [0, 0.05) is 10.8 Å². The molecule has 0 bridgehead atoms. The fraction of sp³-hybridized carbons (Fsp3) is 0.833. The summed E-state index contributed by atoms with van der Waals surface area (Å²) in [5, 5.41) is 2.14. The van der Waals surface area contributed by atoms with E-state index in [2.05, 4.69) is 36.6 Å². The first kappa shape index (κ1) is 17.7. The third kappa shape index (κ3) is 6.39. The third-order valence-electron chi connectivity index (χ3n) is 4.47. The zero-order valence-electron chi connectivity index (χ0n) is 13.8. The van der Waals surface area contributed by atoms with E-state index in [1.165, 1.54) is 76.3 Å². The van der Waals surface area contributed by atoms with Gasteiger partial charge in [-0.05, 0) is 30.4 Å². The Balaban J connectivity index is 2.43.